The summed E-state index contributed by atoms with van der Waals surface area (Å²) in [7, 11) is 0. The van der Waals surface area contributed by atoms with Gasteiger partial charge in [-0.1, -0.05) is 28.8 Å². The number of carbonyl (C=O) groups is 2. The highest BCUT2D eigenvalue weighted by molar-refractivity contribution is 7.03. The molecule has 1 aromatic heterocycles. The van der Waals surface area contributed by atoms with E-state index < -0.39 is 35.0 Å². The van der Waals surface area contributed by atoms with Crippen LogP contribution in [0.3, 0.4) is 0 Å². The van der Waals surface area contributed by atoms with Crippen LogP contribution in [0.2, 0.25) is 0 Å². The topological polar surface area (TPSA) is 75.2 Å². The van der Waals surface area contributed by atoms with Gasteiger partial charge in [0.25, 0.3) is 5.91 Å². The van der Waals surface area contributed by atoms with E-state index in [1.54, 1.807) is 26.8 Å². The van der Waals surface area contributed by atoms with Crippen molar-refractivity contribution in [3.05, 3.63) is 76.8 Å². The van der Waals surface area contributed by atoms with Gasteiger partial charge in [-0.05, 0) is 56.6 Å². The first-order chi connectivity index (χ1) is 14.2. The molecular weight excluding hydrogens is 410 g/mol. The lowest BCUT2D eigenvalue weighted by molar-refractivity contribution is -0.124. The molecular formula is C21H20F2N4O2S. The van der Waals surface area contributed by atoms with E-state index in [-0.39, 0.29) is 16.9 Å². The van der Waals surface area contributed by atoms with Crippen molar-refractivity contribution < 1.29 is 18.4 Å². The van der Waals surface area contributed by atoms with Gasteiger partial charge in [0.15, 0.2) is 5.69 Å². The minimum Gasteiger partial charge on any atom is -0.349 e. The summed E-state index contributed by atoms with van der Waals surface area (Å²) in [6.45, 7) is 5.30. The maximum Gasteiger partial charge on any atom is 0.280 e. The molecule has 0 spiro atoms. The van der Waals surface area contributed by atoms with E-state index in [9.17, 15) is 18.4 Å². The smallest absolute Gasteiger partial charge is 0.280 e. The molecule has 0 aliphatic heterocycles. The molecule has 3 rings (SSSR count). The first-order valence-electron chi connectivity index (χ1n) is 9.10. The quantitative estimate of drug-likeness (QED) is 0.661. The van der Waals surface area contributed by atoms with Crippen LogP contribution in [0.1, 0.15) is 42.9 Å². The zero-order valence-electron chi connectivity index (χ0n) is 16.6. The molecule has 30 heavy (non-hydrogen) atoms. The highest BCUT2D eigenvalue weighted by Gasteiger charge is 2.37. The largest absolute Gasteiger partial charge is 0.349 e. The molecule has 0 fully saturated rings. The number of hydrogen-bond acceptors (Lipinski definition) is 5. The number of amides is 2. The Balaban J connectivity index is 2.21. The minimum absolute atomic E-state index is 0.0277. The van der Waals surface area contributed by atoms with Crippen molar-refractivity contribution in [2.45, 2.75) is 32.4 Å². The molecule has 156 valence electrons. The van der Waals surface area contributed by atoms with E-state index in [4.69, 9.17) is 0 Å². The van der Waals surface area contributed by atoms with Gasteiger partial charge in [0.2, 0.25) is 5.91 Å². The molecule has 1 N–H and O–H groups in total. The van der Waals surface area contributed by atoms with Gasteiger partial charge in [-0.3, -0.25) is 14.5 Å². The molecule has 2 amide bonds. The highest BCUT2D eigenvalue weighted by Crippen LogP contribution is 2.32. The normalized spacial score (nSPS) is 12.3. The van der Waals surface area contributed by atoms with Crippen LogP contribution in [0, 0.1) is 11.6 Å². The molecule has 0 bridgehead atoms. The van der Waals surface area contributed by atoms with Crippen LogP contribution in [0.4, 0.5) is 14.5 Å². The van der Waals surface area contributed by atoms with E-state index in [2.05, 4.69) is 14.9 Å². The average Bonchev–Trinajstić information content (AvgIpc) is 3.19. The van der Waals surface area contributed by atoms with Crippen molar-refractivity contribution in [3.8, 4) is 0 Å². The van der Waals surface area contributed by atoms with E-state index in [1.165, 1.54) is 41.8 Å². The third kappa shape index (κ3) is 4.85. The second-order valence-corrected chi connectivity index (χ2v) is 8.22. The van der Waals surface area contributed by atoms with Gasteiger partial charge < -0.3 is 5.32 Å². The molecule has 0 saturated carbocycles. The van der Waals surface area contributed by atoms with Gasteiger partial charge >= 0.3 is 0 Å². The van der Waals surface area contributed by atoms with Gasteiger partial charge in [0.1, 0.15) is 17.7 Å². The fraction of sp³-hybridized carbons (Fsp3) is 0.238. The fourth-order valence-electron chi connectivity index (χ4n) is 2.92. The lowest BCUT2D eigenvalue weighted by Crippen LogP contribution is -2.49. The first-order valence-corrected chi connectivity index (χ1v) is 9.93. The second-order valence-electron chi connectivity index (χ2n) is 7.61. The van der Waals surface area contributed by atoms with Crippen molar-refractivity contribution >= 4 is 29.0 Å². The van der Waals surface area contributed by atoms with Gasteiger partial charge in [0, 0.05) is 22.2 Å². The predicted octanol–water partition coefficient (Wildman–Crippen LogP) is 4.12. The number of carbonyl (C=O) groups excluding carboxylic acids is 2. The first kappa shape index (κ1) is 21.5. The van der Waals surface area contributed by atoms with Crippen LogP contribution in [-0.2, 0) is 4.79 Å². The van der Waals surface area contributed by atoms with Gasteiger partial charge in [-0.2, -0.15) is 0 Å². The van der Waals surface area contributed by atoms with E-state index >= 15 is 0 Å². The Morgan fingerprint density at radius 1 is 1.10 bits per heavy atom. The van der Waals surface area contributed by atoms with Crippen LogP contribution in [0.5, 0.6) is 0 Å². The van der Waals surface area contributed by atoms with Gasteiger partial charge in [-0.25, -0.2) is 8.78 Å². The Bertz CT molecular complexity index is 1050. The molecule has 2 aromatic carbocycles. The Kier molecular flexibility index (Phi) is 6.21. The fourth-order valence-corrected chi connectivity index (χ4v) is 3.35. The van der Waals surface area contributed by atoms with Crippen LogP contribution in [-0.4, -0.2) is 26.9 Å². The maximum absolute atomic E-state index is 14.8. The molecule has 9 heteroatoms. The number of rotatable bonds is 5. The number of benzene rings is 2. The molecule has 0 aliphatic carbocycles. The summed E-state index contributed by atoms with van der Waals surface area (Å²) in [5.74, 6) is -2.59. The molecule has 0 saturated heterocycles. The lowest BCUT2D eigenvalue weighted by atomic mass is 10.00. The summed E-state index contributed by atoms with van der Waals surface area (Å²) >= 11 is 0.955. The number of nitrogens with zero attached hydrogens (tertiary/aromatic N) is 3. The number of hydrogen-bond donors (Lipinski definition) is 1. The number of nitrogens with one attached hydrogen (secondary N) is 1. The molecule has 6 nitrogen and oxygen atoms in total. The van der Waals surface area contributed by atoms with E-state index in [0.717, 1.165) is 22.5 Å². The number of halogens is 2. The minimum atomic E-state index is -1.40. The third-order valence-corrected chi connectivity index (χ3v) is 4.59. The summed E-state index contributed by atoms with van der Waals surface area (Å²) in [5, 5.41) is 7.97. The Hall–Kier alpha value is -3.20. The number of anilines is 1. The predicted molar refractivity (Wildman–Crippen MR) is 110 cm³/mol. The standard InChI is InChI=1S/C21H20F2N4O2S/c1-21(2,3)24-19(28)18(15-9-4-5-10-16(15)23)27(14-8-6-7-13(22)11-14)20(29)17-12-30-26-25-17/h4-12,18H,1-3H3,(H,24,28)/t18-/m0/s1. The van der Waals surface area contributed by atoms with Crippen molar-refractivity contribution in [2.75, 3.05) is 4.90 Å². The summed E-state index contributed by atoms with van der Waals surface area (Å²) in [5.41, 5.74) is -0.626. The molecule has 3 aromatic rings. The van der Waals surface area contributed by atoms with Crippen LogP contribution in [0.25, 0.3) is 0 Å². The zero-order chi connectivity index (χ0) is 21.9. The maximum atomic E-state index is 14.8. The lowest BCUT2D eigenvalue weighted by Gasteiger charge is -2.33. The number of aromatic nitrogens is 2. The van der Waals surface area contributed by atoms with Crippen molar-refractivity contribution in [3.63, 3.8) is 0 Å². The molecule has 0 radical (unpaired) electrons. The molecule has 1 atom stereocenters. The molecule has 0 aliphatic rings. The summed E-state index contributed by atoms with van der Waals surface area (Å²) in [6, 6.07) is 9.46. The van der Waals surface area contributed by atoms with Crippen LogP contribution in [0.15, 0.2) is 53.9 Å². The van der Waals surface area contributed by atoms with Gasteiger partial charge in [0.05, 0.1) is 0 Å². The van der Waals surface area contributed by atoms with Crippen LogP contribution >= 0.6 is 11.5 Å². The Labute approximate surface area is 176 Å². The highest BCUT2D eigenvalue weighted by atomic mass is 32.1. The van der Waals surface area contributed by atoms with Crippen molar-refractivity contribution in [2.24, 2.45) is 0 Å². The summed E-state index contributed by atoms with van der Waals surface area (Å²) in [6.07, 6.45) is 0. The monoisotopic (exact) mass is 430 g/mol. The van der Waals surface area contributed by atoms with Crippen molar-refractivity contribution in [1.82, 2.24) is 14.9 Å². The molecule has 0 unspecified atom stereocenters. The SMILES string of the molecule is CC(C)(C)NC(=O)[C@H](c1ccccc1F)N(C(=O)c1csnn1)c1cccc(F)c1. The second kappa shape index (κ2) is 8.66. The van der Waals surface area contributed by atoms with E-state index in [1.807, 2.05) is 0 Å². The van der Waals surface area contributed by atoms with E-state index in [0.29, 0.717) is 0 Å². The molecule has 1 heterocycles. The Morgan fingerprint density at radius 3 is 2.43 bits per heavy atom. The van der Waals surface area contributed by atoms with Crippen molar-refractivity contribution in [1.29, 1.82) is 0 Å². The average molecular weight is 430 g/mol. The Morgan fingerprint density at radius 2 is 1.83 bits per heavy atom. The van der Waals surface area contributed by atoms with Gasteiger partial charge in [-0.15, -0.1) is 5.10 Å². The summed E-state index contributed by atoms with van der Waals surface area (Å²) in [4.78, 5) is 27.6. The third-order valence-electron chi connectivity index (χ3n) is 4.09. The van der Waals surface area contributed by atoms with Crippen LogP contribution < -0.4 is 10.2 Å². The summed E-state index contributed by atoms with van der Waals surface area (Å²) < 4.78 is 32.5. The zero-order valence-corrected chi connectivity index (χ0v) is 17.4.